The van der Waals surface area contributed by atoms with Crippen molar-refractivity contribution in [1.29, 1.82) is 0 Å². The number of imidazole rings is 1. The Morgan fingerprint density at radius 2 is 2.00 bits per heavy atom. The zero-order valence-corrected chi connectivity index (χ0v) is 11.4. The number of methoxy groups -OCH3 is 1. The zero-order valence-electron chi connectivity index (χ0n) is 11.4. The molecule has 2 aromatic heterocycles. The Bertz CT molecular complexity index is 733. The second kappa shape index (κ2) is 5.35. The fourth-order valence-electron chi connectivity index (χ4n) is 2.49. The highest BCUT2D eigenvalue weighted by molar-refractivity contribution is 5.48. The van der Waals surface area contributed by atoms with Crippen molar-refractivity contribution in [2.45, 2.75) is 13.0 Å². The van der Waals surface area contributed by atoms with Crippen LogP contribution in [0.4, 0.5) is 0 Å². The molecule has 3 rings (SSSR count). The van der Waals surface area contributed by atoms with Gasteiger partial charge in [-0.05, 0) is 18.2 Å². The lowest BCUT2D eigenvalue weighted by Crippen LogP contribution is -2.07. The summed E-state index contributed by atoms with van der Waals surface area (Å²) in [6.07, 6.45) is 2.60. The molecule has 0 spiro atoms. The number of benzene rings is 1. The van der Waals surface area contributed by atoms with Gasteiger partial charge in [0.05, 0.1) is 18.8 Å². The minimum Gasteiger partial charge on any atom is -0.496 e. The van der Waals surface area contributed by atoms with Gasteiger partial charge in [0.2, 0.25) is 0 Å². The van der Waals surface area contributed by atoms with Gasteiger partial charge in [0.25, 0.3) is 0 Å². The van der Waals surface area contributed by atoms with Crippen LogP contribution in [0, 0.1) is 0 Å². The van der Waals surface area contributed by atoms with Gasteiger partial charge in [-0.2, -0.15) is 0 Å². The molecule has 1 aromatic carbocycles. The summed E-state index contributed by atoms with van der Waals surface area (Å²) in [5.41, 5.74) is 9.07. The van der Waals surface area contributed by atoms with Gasteiger partial charge < -0.3 is 10.5 Å². The van der Waals surface area contributed by atoms with Crippen molar-refractivity contribution in [3.8, 4) is 5.75 Å². The van der Waals surface area contributed by atoms with Crippen molar-refractivity contribution in [3.63, 3.8) is 0 Å². The largest absolute Gasteiger partial charge is 0.496 e. The third-order valence-electron chi connectivity index (χ3n) is 3.46. The summed E-state index contributed by atoms with van der Waals surface area (Å²) in [6.45, 7) is 0.493. The number of hydrogen-bond acceptors (Lipinski definition) is 3. The summed E-state index contributed by atoms with van der Waals surface area (Å²) in [6, 6.07) is 14.1. The fourth-order valence-corrected chi connectivity index (χ4v) is 2.49. The zero-order chi connectivity index (χ0) is 13.9. The molecule has 0 aliphatic rings. The highest BCUT2D eigenvalue weighted by Crippen LogP contribution is 2.21. The lowest BCUT2D eigenvalue weighted by atomic mass is 10.1. The van der Waals surface area contributed by atoms with Gasteiger partial charge in [0.1, 0.15) is 11.6 Å². The van der Waals surface area contributed by atoms with E-state index in [1.54, 1.807) is 7.11 Å². The molecular weight excluding hydrogens is 250 g/mol. The molecule has 0 unspecified atom stereocenters. The molecule has 2 heterocycles. The van der Waals surface area contributed by atoms with Crippen molar-refractivity contribution in [1.82, 2.24) is 9.38 Å². The first kappa shape index (κ1) is 12.7. The van der Waals surface area contributed by atoms with Crippen molar-refractivity contribution in [2.75, 3.05) is 7.11 Å². The third-order valence-corrected chi connectivity index (χ3v) is 3.46. The lowest BCUT2D eigenvalue weighted by Gasteiger charge is -2.09. The van der Waals surface area contributed by atoms with Crippen LogP contribution in [0.5, 0.6) is 5.75 Å². The van der Waals surface area contributed by atoms with Crippen LogP contribution < -0.4 is 10.5 Å². The molecule has 4 nitrogen and oxygen atoms in total. The van der Waals surface area contributed by atoms with Gasteiger partial charge in [-0.1, -0.05) is 24.3 Å². The summed E-state index contributed by atoms with van der Waals surface area (Å²) in [4.78, 5) is 4.53. The molecular formula is C16H17N3O. The first-order valence-electron chi connectivity index (χ1n) is 6.59. The fraction of sp³-hybridized carbons (Fsp3) is 0.188. The lowest BCUT2D eigenvalue weighted by molar-refractivity contribution is 0.410. The van der Waals surface area contributed by atoms with Gasteiger partial charge in [-0.15, -0.1) is 0 Å². The summed E-state index contributed by atoms with van der Waals surface area (Å²) in [7, 11) is 1.69. The van der Waals surface area contributed by atoms with Crippen LogP contribution in [0.15, 0.2) is 48.7 Å². The van der Waals surface area contributed by atoms with Crippen LogP contribution in [0.1, 0.15) is 17.1 Å². The van der Waals surface area contributed by atoms with Crippen molar-refractivity contribution < 1.29 is 4.74 Å². The molecule has 0 aliphatic carbocycles. The number of nitrogens with zero attached hydrogens (tertiary/aromatic N) is 2. The smallest absolute Gasteiger partial charge is 0.122 e. The summed E-state index contributed by atoms with van der Waals surface area (Å²) in [5.74, 6) is 1.86. The Hall–Kier alpha value is -2.33. The molecule has 4 heteroatoms. The van der Waals surface area contributed by atoms with E-state index in [2.05, 4.69) is 15.5 Å². The number of para-hydroxylation sites is 1. The average molecular weight is 267 g/mol. The summed E-state index contributed by atoms with van der Waals surface area (Å²) in [5, 5.41) is 0. The molecule has 0 saturated heterocycles. The number of nitrogens with two attached hydrogens (primary N) is 1. The normalized spacial score (nSPS) is 10.9. The Labute approximate surface area is 117 Å². The standard InChI is InChI=1S/C16H17N3O/c1-20-15-8-3-2-5-12(15)9-16-18-11-14-7-4-6-13(10-17)19(14)16/h2-8,11H,9-10,17H2,1H3. The van der Waals surface area contributed by atoms with E-state index in [0.29, 0.717) is 6.54 Å². The molecule has 0 aliphatic heterocycles. The highest BCUT2D eigenvalue weighted by Gasteiger charge is 2.10. The van der Waals surface area contributed by atoms with Crippen molar-refractivity contribution >= 4 is 5.52 Å². The Morgan fingerprint density at radius 3 is 2.80 bits per heavy atom. The Morgan fingerprint density at radius 1 is 1.15 bits per heavy atom. The highest BCUT2D eigenvalue weighted by atomic mass is 16.5. The van der Waals surface area contributed by atoms with E-state index in [-0.39, 0.29) is 0 Å². The number of hydrogen-bond donors (Lipinski definition) is 1. The SMILES string of the molecule is COc1ccccc1Cc1ncc2cccc(CN)n12. The van der Waals surface area contributed by atoms with Crippen LogP contribution in [0.3, 0.4) is 0 Å². The van der Waals surface area contributed by atoms with E-state index in [9.17, 15) is 0 Å². The molecule has 20 heavy (non-hydrogen) atoms. The van der Waals surface area contributed by atoms with E-state index in [0.717, 1.165) is 34.8 Å². The van der Waals surface area contributed by atoms with E-state index >= 15 is 0 Å². The minimum atomic E-state index is 0.493. The first-order valence-corrected chi connectivity index (χ1v) is 6.59. The van der Waals surface area contributed by atoms with Crippen molar-refractivity contribution in [3.05, 3.63) is 65.7 Å². The minimum absolute atomic E-state index is 0.493. The van der Waals surface area contributed by atoms with Crippen LogP contribution >= 0.6 is 0 Å². The topological polar surface area (TPSA) is 52.5 Å². The van der Waals surface area contributed by atoms with Gasteiger partial charge in [0, 0.05) is 24.2 Å². The maximum absolute atomic E-state index is 5.82. The van der Waals surface area contributed by atoms with Crippen LogP contribution in [-0.4, -0.2) is 16.5 Å². The maximum Gasteiger partial charge on any atom is 0.122 e. The van der Waals surface area contributed by atoms with E-state index < -0.39 is 0 Å². The van der Waals surface area contributed by atoms with Gasteiger partial charge in [0.15, 0.2) is 0 Å². The number of fused-ring (bicyclic) bond motifs is 1. The number of rotatable bonds is 4. The molecule has 0 saturated carbocycles. The second-order valence-corrected chi connectivity index (χ2v) is 4.64. The second-order valence-electron chi connectivity index (χ2n) is 4.64. The molecule has 0 amide bonds. The maximum atomic E-state index is 5.82. The number of aromatic nitrogens is 2. The molecule has 0 radical (unpaired) electrons. The monoisotopic (exact) mass is 267 g/mol. The molecule has 0 fully saturated rings. The molecule has 3 aromatic rings. The summed E-state index contributed by atoms with van der Waals surface area (Å²) < 4.78 is 7.52. The predicted octanol–water partition coefficient (Wildman–Crippen LogP) is 2.39. The van der Waals surface area contributed by atoms with E-state index in [1.807, 2.05) is 42.6 Å². The third kappa shape index (κ3) is 2.14. The van der Waals surface area contributed by atoms with Crippen LogP contribution in [0.25, 0.3) is 5.52 Å². The molecule has 0 atom stereocenters. The predicted molar refractivity (Wildman–Crippen MR) is 78.9 cm³/mol. The van der Waals surface area contributed by atoms with Crippen molar-refractivity contribution in [2.24, 2.45) is 5.73 Å². The van der Waals surface area contributed by atoms with Crippen LogP contribution in [-0.2, 0) is 13.0 Å². The number of pyridine rings is 1. The molecule has 0 bridgehead atoms. The molecule has 2 N–H and O–H groups in total. The summed E-state index contributed by atoms with van der Waals surface area (Å²) >= 11 is 0. The van der Waals surface area contributed by atoms with Gasteiger partial charge >= 0.3 is 0 Å². The quantitative estimate of drug-likeness (QED) is 0.789. The van der Waals surface area contributed by atoms with Gasteiger partial charge in [-0.25, -0.2) is 4.98 Å². The van der Waals surface area contributed by atoms with E-state index in [4.69, 9.17) is 10.5 Å². The van der Waals surface area contributed by atoms with E-state index in [1.165, 1.54) is 0 Å². The Balaban J connectivity index is 2.07. The molecule has 102 valence electrons. The Kier molecular flexibility index (Phi) is 3.39. The first-order chi connectivity index (χ1) is 9.83. The van der Waals surface area contributed by atoms with Crippen LogP contribution in [0.2, 0.25) is 0 Å². The number of ether oxygens (including phenoxy) is 1. The van der Waals surface area contributed by atoms with Gasteiger partial charge in [-0.3, -0.25) is 4.40 Å². The average Bonchev–Trinajstić information content (AvgIpc) is 2.91.